The van der Waals surface area contributed by atoms with E-state index in [1.807, 2.05) is 11.5 Å². The molecule has 0 spiro atoms. The average molecular weight is 197 g/mol. The molecule has 2 heterocycles. The molecule has 1 aromatic heterocycles. The first-order valence-electron chi connectivity index (χ1n) is 5.20. The lowest BCUT2D eigenvalue weighted by atomic mass is 10.1. The van der Waals surface area contributed by atoms with Crippen molar-refractivity contribution >= 4 is 0 Å². The second kappa shape index (κ2) is 4.09. The van der Waals surface area contributed by atoms with Gasteiger partial charge in [0.25, 0.3) is 0 Å². The Kier molecular flexibility index (Phi) is 2.82. The van der Waals surface area contributed by atoms with E-state index in [1.54, 1.807) is 12.5 Å². The van der Waals surface area contributed by atoms with Crippen LogP contribution < -0.4 is 5.32 Å². The molecule has 1 aromatic rings. The van der Waals surface area contributed by atoms with Crippen LogP contribution in [0.3, 0.4) is 0 Å². The zero-order valence-electron chi connectivity index (χ0n) is 8.41. The Morgan fingerprint density at radius 1 is 1.79 bits per heavy atom. The molecule has 2 atom stereocenters. The highest BCUT2D eigenvalue weighted by Gasteiger charge is 2.27. The van der Waals surface area contributed by atoms with Crippen LogP contribution in [0.15, 0.2) is 12.5 Å². The highest BCUT2D eigenvalue weighted by Crippen LogP contribution is 2.25. The number of aromatic nitrogens is 2. The fraction of sp³-hybridized carbons (Fsp3) is 0.700. The zero-order valence-corrected chi connectivity index (χ0v) is 8.41. The fourth-order valence-electron chi connectivity index (χ4n) is 1.86. The first-order valence-corrected chi connectivity index (χ1v) is 5.20. The summed E-state index contributed by atoms with van der Waals surface area (Å²) in [6.45, 7) is 3.80. The smallest absolute Gasteiger partial charge is 0.159 e. The number of hydrogen-bond donors (Lipinski definition) is 1. The number of alkyl halides is 1. The summed E-state index contributed by atoms with van der Waals surface area (Å²) in [5.41, 5.74) is 0.561. The van der Waals surface area contributed by atoms with E-state index in [0.717, 1.165) is 25.9 Å². The topological polar surface area (TPSA) is 29.9 Å². The van der Waals surface area contributed by atoms with Crippen LogP contribution in [-0.4, -0.2) is 22.1 Å². The Bertz CT molecular complexity index is 291. The van der Waals surface area contributed by atoms with Gasteiger partial charge in [0.15, 0.2) is 6.17 Å². The van der Waals surface area contributed by atoms with Crippen LogP contribution in [0.5, 0.6) is 0 Å². The van der Waals surface area contributed by atoms with Crippen LogP contribution in [-0.2, 0) is 6.54 Å². The third kappa shape index (κ3) is 1.80. The van der Waals surface area contributed by atoms with Crippen molar-refractivity contribution in [2.75, 3.05) is 6.54 Å². The van der Waals surface area contributed by atoms with Crippen molar-refractivity contribution in [1.29, 1.82) is 0 Å². The highest BCUT2D eigenvalue weighted by molar-refractivity contribution is 5.05. The van der Waals surface area contributed by atoms with Crippen LogP contribution >= 0.6 is 0 Å². The molecule has 0 saturated carbocycles. The molecule has 3 nitrogen and oxygen atoms in total. The van der Waals surface area contributed by atoms with Crippen molar-refractivity contribution in [2.45, 2.75) is 38.5 Å². The molecule has 0 amide bonds. The number of hydrogen-bond acceptors (Lipinski definition) is 2. The molecule has 0 radical (unpaired) electrons. The molecule has 0 aromatic carbocycles. The van der Waals surface area contributed by atoms with E-state index in [4.69, 9.17) is 0 Å². The van der Waals surface area contributed by atoms with E-state index in [-0.39, 0.29) is 6.04 Å². The monoisotopic (exact) mass is 197 g/mol. The summed E-state index contributed by atoms with van der Waals surface area (Å²) < 4.78 is 15.8. The zero-order chi connectivity index (χ0) is 9.97. The summed E-state index contributed by atoms with van der Waals surface area (Å²) in [5.74, 6) is 0. The summed E-state index contributed by atoms with van der Waals surface area (Å²) in [6, 6.07) is -0.0322. The van der Waals surface area contributed by atoms with Gasteiger partial charge in [0.05, 0.1) is 12.0 Å². The van der Waals surface area contributed by atoms with Gasteiger partial charge < -0.3 is 9.88 Å². The molecule has 2 unspecified atom stereocenters. The van der Waals surface area contributed by atoms with Gasteiger partial charge in [-0.15, -0.1) is 0 Å². The van der Waals surface area contributed by atoms with Crippen molar-refractivity contribution in [3.05, 3.63) is 18.2 Å². The molecule has 2 rings (SSSR count). The summed E-state index contributed by atoms with van der Waals surface area (Å²) in [5, 5.41) is 3.16. The SMILES string of the molecule is CCn1cnc(C(F)C2CCCN2)c1. The molecule has 14 heavy (non-hydrogen) atoms. The predicted molar refractivity (Wildman–Crippen MR) is 52.8 cm³/mol. The van der Waals surface area contributed by atoms with Gasteiger partial charge in [-0.2, -0.15) is 0 Å². The highest BCUT2D eigenvalue weighted by atomic mass is 19.1. The minimum Gasteiger partial charge on any atom is -0.337 e. The van der Waals surface area contributed by atoms with E-state index >= 15 is 0 Å². The lowest BCUT2D eigenvalue weighted by Gasteiger charge is -2.13. The maximum absolute atomic E-state index is 13.9. The van der Waals surface area contributed by atoms with Gasteiger partial charge >= 0.3 is 0 Å². The number of rotatable bonds is 3. The average Bonchev–Trinajstić information content (AvgIpc) is 2.88. The standard InChI is InChI=1S/C10H16FN3/c1-2-14-6-9(13-7-14)10(11)8-4-3-5-12-8/h6-8,10,12H,2-5H2,1H3. The van der Waals surface area contributed by atoms with Crippen LogP contribution in [0.1, 0.15) is 31.6 Å². The van der Waals surface area contributed by atoms with E-state index in [0.29, 0.717) is 5.69 Å². The van der Waals surface area contributed by atoms with Crippen molar-refractivity contribution < 1.29 is 4.39 Å². The predicted octanol–water partition coefficient (Wildman–Crippen LogP) is 1.67. The molecule has 0 aliphatic carbocycles. The third-order valence-electron chi connectivity index (χ3n) is 2.75. The Hall–Kier alpha value is -0.900. The molecule has 4 heteroatoms. The van der Waals surface area contributed by atoms with Gasteiger partial charge in [-0.1, -0.05) is 0 Å². The van der Waals surface area contributed by atoms with E-state index < -0.39 is 6.17 Å². The Labute approximate surface area is 83.3 Å². The molecule has 1 aliphatic rings. The van der Waals surface area contributed by atoms with Crippen molar-refractivity contribution in [3.63, 3.8) is 0 Å². The van der Waals surface area contributed by atoms with Crippen molar-refractivity contribution in [2.24, 2.45) is 0 Å². The van der Waals surface area contributed by atoms with Gasteiger partial charge in [-0.3, -0.25) is 0 Å². The normalized spacial score (nSPS) is 24.0. The second-order valence-corrected chi connectivity index (χ2v) is 3.73. The van der Waals surface area contributed by atoms with Gasteiger partial charge in [0.2, 0.25) is 0 Å². The Morgan fingerprint density at radius 3 is 3.21 bits per heavy atom. The minimum absolute atomic E-state index is 0.0322. The number of imidazole rings is 1. The van der Waals surface area contributed by atoms with Gasteiger partial charge in [0.1, 0.15) is 0 Å². The van der Waals surface area contributed by atoms with Crippen LogP contribution in [0.2, 0.25) is 0 Å². The first kappa shape index (κ1) is 9.65. The largest absolute Gasteiger partial charge is 0.337 e. The molecule has 78 valence electrons. The number of nitrogens with zero attached hydrogens (tertiary/aromatic N) is 2. The Balaban J connectivity index is 2.05. The minimum atomic E-state index is -0.953. The first-order chi connectivity index (χ1) is 6.81. The second-order valence-electron chi connectivity index (χ2n) is 3.73. The van der Waals surface area contributed by atoms with Crippen molar-refractivity contribution in [3.8, 4) is 0 Å². The lowest BCUT2D eigenvalue weighted by molar-refractivity contribution is 0.265. The van der Waals surface area contributed by atoms with E-state index in [9.17, 15) is 4.39 Å². The lowest BCUT2D eigenvalue weighted by Crippen LogP contribution is -2.26. The maximum atomic E-state index is 13.9. The fourth-order valence-corrected chi connectivity index (χ4v) is 1.86. The summed E-state index contributed by atoms with van der Waals surface area (Å²) >= 11 is 0. The van der Waals surface area contributed by atoms with Crippen LogP contribution in [0, 0.1) is 0 Å². The summed E-state index contributed by atoms with van der Waals surface area (Å²) in [4.78, 5) is 4.08. The summed E-state index contributed by atoms with van der Waals surface area (Å²) in [7, 11) is 0. The summed E-state index contributed by atoms with van der Waals surface area (Å²) in [6.07, 6.45) is 4.52. The number of nitrogens with one attached hydrogen (secondary N) is 1. The van der Waals surface area contributed by atoms with Crippen molar-refractivity contribution in [1.82, 2.24) is 14.9 Å². The van der Waals surface area contributed by atoms with E-state index in [1.165, 1.54) is 0 Å². The molecule has 0 bridgehead atoms. The van der Waals surface area contributed by atoms with Crippen LogP contribution in [0.4, 0.5) is 4.39 Å². The third-order valence-corrected chi connectivity index (χ3v) is 2.75. The molecule has 1 N–H and O–H groups in total. The quantitative estimate of drug-likeness (QED) is 0.798. The molecule has 1 saturated heterocycles. The van der Waals surface area contributed by atoms with Gasteiger partial charge in [-0.05, 0) is 26.3 Å². The molecule has 1 aliphatic heterocycles. The Morgan fingerprint density at radius 2 is 2.64 bits per heavy atom. The van der Waals surface area contributed by atoms with Gasteiger partial charge in [-0.25, -0.2) is 9.37 Å². The molecule has 1 fully saturated rings. The van der Waals surface area contributed by atoms with Gasteiger partial charge in [0, 0.05) is 18.8 Å². The number of halogens is 1. The molecular formula is C10H16FN3. The number of aryl methyl sites for hydroxylation is 1. The van der Waals surface area contributed by atoms with E-state index in [2.05, 4.69) is 10.3 Å². The van der Waals surface area contributed by atoms with Crippen LogP contribution in [0.25, 0.3) is 0 Å². The molecular weight excluding hydrogens is 181 g/mol. The maximum Gasteiger partial charge on any atom is 0.159 e.